The molecule has 488 valence electrons. The Morgan fingerprint density at radius 2 is 0.434 bits per heavy atom. The van der Waals surface area contributed by atoms with Gasteiger partial charge in [0.15, 0.2) is 6.10 Å². The van der Waals surface area contributed by atoms with Gasteiger partial charge >= 0.3 is 17.9 Å². The van der Waals surface area contributed by atoms with E-state index in [0.717, 1.165) is 77.0 Å². The first-order valence-electron chi connectivity index (χ1n) is 37.5. The average molecular weight is 1170 g/mol. The minimum Gasteiger partial charge on any atom is -0.462 e. The van der Waals surface area contributed by atoms with Gasteiger partial charge < -0.3 is 14.2 Å². The molecule has 0 heterocycles. The summed E-state index contributed by atoms with van der Waals surface area (Å²) in [6.45, 7) is 6.67. The van der Waals surface area contributed by atoms with Crippen LogP contribution >= 0.6 is 0 Å². The minimum atomic E-state index is -0.779. The Hall–Kier alpha value is -2.37. The Morgan fingerprint density at radius 3 is 0.687 bits per heavy atom. The van der Waals surface area contributed by atoms with Crippen molar-refractivity contribution in [2.45, 2.75) is 425 Å². The molecule has 0 aliphatic rings. The largest absolute Gasteiger partial charge is 0.462 e. The van der Waals surface area contributed by atoms with Crippen molar-refractivity contribution in [2.75, 3.05) is 13.2 Å². The Labute approximate surface area is 518 Å². The van der Waals surface area contributed by atoms with E-state index in [0.29, 0.717) is 19.3 Å². The molecule has 0 N–H and O–H groups in total. The van der Waals surface area contributed by atoms with Crippen LogP contribution in [-0.2, 0) is 28.6 Å². The summed E-state index contributed by atoms with van der Waals surface area (Å²) in [5.74, 6) is -0.864. The first-order valence-corrected chi connectivity index (χ1v) is 37.5. The number of esters is 3. The van der Waals surface area contributed by atoms with Gasteiger partial charge in [0.2, 0.25) is 0 Å². The van der Waals surface area contributed by atoms with Crippen molar-refractivity contribution < 1.29 is 28.6 Å². The molecule has 0 saturated heterocycles. The lowest BCUT2D eigenvalue weighted by molar-refractivity contribution is -0.167. The summed E-state index contributed by atoms with van der Waals surface area (Å²) in [5.41, 5.74) is 0. The van der Waals surface area contributed by atoms with Crippen LogP contribution < -0.4 is 0 Å². The van der Waals surface area contributed by atoms with Gasteiger partial charge in [-0.3, -0.25) is 14.4 Å². The molecular weight excluding hydrogens is 1020 g/mol. The Bertz CT molecular complexity index is 1380. The van der Waals surface area contributed by atoms with E-state index in [1.807, 2.05) is 0 Å². The smallest absolute Gasteiger partial charge is 0.306 e. The average Bonchev–Trinajstić information content (AvgIpc) is 3.49. The topological polar surface area (TPSA) is 78.9 Å². The van der Waals surface area contributed by atoms with Gasteiger partial charge in [0.25, 0.3) is 0 Å². The van der Waals surface area contributed by atoms with Crippen molar-refractivity contribution in [2.24, 2.45) is 0 Å². The standard InChI is InChI=1S/C77H144O6/c1-4-7-10-13-16-19-22-25-27-29-31-32-33-34-35-36-37-38-39-40-41-42-43-44-45-46-48-49-52-55-58-61-64-67-70-76(79)82-73-74(72-81-75(78)69-66-63-60-57-54-51-24-21-18-15-12-9-6-3)83-77(80)71-68-65-62-59-56-53-50-47-30-28-26-23-20-17-14-11-8-5-2/h20-21,23-24,28,30,74H,4-19,22,25-27,29,31-73H2,1-3H3/b23-20-,24-21-,30-28-. The summed E-state index contributed by atoms with van der Waals surface area (Å²) in [7, 11) is 0. The Morgan fingerprint density at radius 1 is 0.241 bits per heavy atom. The predicted molar refractivity (Wildman–Crippen MR) is 362 cm³/mol. The zero-order chi connectivity index (χ0) is 59.9. The van der Waals surface area contributed by atoms with Gasteiger partial charge in [-0.25, -0.2) is 0 Å². The lowest BCUT2D eigenvalue weighted by Crippen LogP contribution is -2.30. The molecule has 0 aromatic rings. The fraction of sp³-hybridized carbons (Fsp3) is 0.883. The normalized spacial score (nSPS) is 12.2. The second-order valence-electron chi connectivity index (χ2n) is 25.6. The van der Waals surface area contributed by atoms with Crippen LogP contribution in [0.1, 0.15) is 419 Å². The predicted octanol–water partition coefficient (Wildman–Crippen LogP) is 25.9. The summed E-state index contributed by atoms with van der Waals surface area (Å²) >= 11 is 0. The number of unbranched alkanes of at least 4 members (excludes halogenated alkanes) is 53. The highest BCUT2D eigenvalue weighted by Gasteiger charge is 2.20. The van der Waals surface area contributed by atoms with E-state index in [-0.39, 0.29) is 31.1 Å². The molecule has 6 nitrogen and oxygen atoms in total. The van der Waals surface area contributed by atoms with Crippen molar-refractivity contribution in [1.29, 1.82) is 0 Å². The molecule has 83 heavy (non-hydrogen) atoms. The van der Waals surface area contributed by atoms with Crippen LogP contribution in [0.3, 0.4) is 0 Å². The highest BCUT2D eigenvalue weighted by atomic mass is 16.6. The van der Waals surface area contributed by atoms with Gasteiger partial charge in [-0.1, -0.05) is 359 Å². The molecule has 1 atom stereocenters. The molecule has 0 saturated carbocycles. The summed E-state index contributed by atoms with van der Waals surface area (Å²) in [5, 5.41) is 0. The summed E-state index contributed by atoms with van der Waals surface area (Å²) < 4.78 is 17.0. The Balaban J connectivity index is 4.09. The van der Waals surface area contributed by atoms with Crippen LogP contribution in [0.25, 0.3) is 0 Å². The zero-order valence-corrected chi connectivity index (χ0v) is 56.2. The van der Waals surface area contributed by atoms with Gasteiger partial charge in [0.1, 0.15) is 13.2 Å². The fourth-order valence-electron chi connectivity index (χ4n) is 11.5. The monoisotopic (exact) mass is 1170 g/mol. The van der Waals surface area contributed by atoms with E-state index in [1.54, 1.807) is 0 Å². The lowest BCUT2D eigenvalue weighted by atomic mass is 10.0. The van der Waals surface area contributed by atoms with E-state index in [1.165, 1.54) is 302 Å². The van der Waals surface area contributed by atoms with E-state index < -0.39 is 6.10 Å². The molecule has 0 aliphatic heterocycles. The van der Waals surface area contributed by atoms with Gasteiger partial charge in [-0.2, -0.15) is 0 Å². The molecule has 0 aromatic heterocycles. The fourth-order valence-corrected chi connectivity index (χ4v) is 11.5. The molecule has 0 radical (unpaired) electrons. The van der Waals surface area contributed by atoms with Crippen molar-refractivity contribution in [3.05, 3.63) is 36.5 Å². The third-order valence-electron chi connectivity index (χ3n) is 17.1. The molecule has 0 aromatic carbocycles. The highest BCUT2D eigenvalue weighted by molar-refractivity contribution is 5.71. The highest BCUT2D eigenvalue weighted by Crippen LogP contribution is 2.19. The second-order valence-corrected chi connectivity index (χ2v) is 25.6. The quantitative estimate of drug-likeness (QED) is 0.0261. The molecule has 1 unspecified atom stereocenters. The molecule has 0 bridgehead atoms. The molecule has 0 spiro atoms. The van der Waals surface area contributed by atoms with Crippen molar-refractivity contribution in [3.8, 4) is 0 Å². The molecule has 0 rings (SSSR count). The van der Waals surface area contributed by atoms with Crippen molar-refractivity contribution >= 4 is 17.9 Å². The maximum atomic E-state index is 12.9. The first-order chi connectivity index (χ1) is 41.0. The zero-order valence-electron chi connectivity index (χ0n) is 56.2. The van der Waals surface area contributed by atoms with E-state index >= 15 is 0 Å². The third kappa shape index (κ3) is 70.3. The maximum Gasteiger partial charge on any atom is 0.306 e. The SMILES string of the molecule is CCCCCC/C=C\C/C=C\CCCCCCCCCC(=O)OC(COC(=O)CCCCCCC/C=C\CCCCCC)COC(=O)CCCCCCCCCCCCCCCCCCCCCCCCCCCCCCCCCCCC. The van der Waals surface area contributed by atoms with Crippen LogP contribution in [0.5, 0.6) is 0 Å². The van der Waals surface area contributed by atoms with Gasteiger partial charge in [-0.05, 0) is 77.0 Å². The molecule has 0 fully saturated rings. The third-order valence-corrected chi connectivity index (χ3v) is 17.1. The number of carbonyl (C=O) groups excluding carboxylic acids is 3. The van der Waals surface area contributed by atoms with Gasteiger partial charge in [0, 0.05) is 19.3 Å². The number of hydrogen-bond acceptors (Lipinski definition) is 6. The summed E-state index contributed by atoms with van der Waals surface area (Å²) in [6.07, 6.45) is 90.7. The number of rotatable bonds is 70. The summed E-state index contributed by atoms with van der Waals surface area (Å²) in [6, 6.07) is 0. The maximum absolute atomic E-state index is 12.9. The second kappa shape index (κ2) is 72.1. The van der Waals surface area contributed by atoms with Crippen LogP contribution in [0.15, 0.2) is 36.5 Å². The van der Waals surface area contributed by atoms with E-state index in [9.17, 15) is 14.4 Å². The number of hydrogen-bond donors (Lipinski definition) is 0. The molecular formula is C77H144O6. The number of carbonyl (C=O) groups is 3. The van der Waals surface area contributed by atoms with Crippen molar-refractivity contribution in [1.82, 2.24) is 0 Å². The van der Waals surface area contributed by atoms with Crippen LogP contribution in [0, 0.1) is 0 Å². The van der Waals surface area contributed by atoms with Crippen molar-refractivity contribution in [3.63, 3.8) is 0 Å². The number of ether oxygens (including phenoxy) is 3. The van der Waals surface area contributed by atoms with E-state index in [4.69, 9.17) is 14.2 Å². The number of allylic oxidation sites excluding steroid dienone is 6. The molecule has 0 amide bonds. The van der Waals surface area contributed by atoms with Crippen LogP contribution in [-0.4, -0.2) is 37.2 Å². The lowest BCUT2D eigenvalue weighted by Gasteiger charge is -2.18. The van der Waals surface area contributed by atoms with Crippen LogP contribution in [0.2, 0.25) is 0 Å². The van der Waals surface area contributed by atoms with Gasteiger partial charge in [0.05, 0.1) is 0 Å². The van der Waals surface area contributed by atoms with Gasteiger partial charge in [-0.15, -0.1) is 0 Å². The molecule has 0 aliphatic carbocycles. The molecule has 6 heteroatoms. The Kier molecular flexibility index (Phi) is 70.0. The minimum absolute atomic E-state index is 0.0737. The van der Waals surface area contributed by atoms with Crippen LogP contribution in [0.4, 0.5) is 0 Å². The first kappa shape index (κ1) is 80.6. The van der Waals surface area contributed by atoms with E-state index in [2.05, 4.69) is 57.2 Å². The summed E-state index contributed by atoms with van der Waals surface area (Å²) in [4.78, 5) is 38.4.